The lowest BCUT2D eigenvalue weighted by molar-refractivity contribution is -0.220. The molecule has 0 aromatic rings. The third kappa shape index (κ3) is 21.0. The molecule has 14 heteroatoms. The van der Waals surface area contributed by atoms with Gasteiger partial charge in [-0.25, -0.2) is 4.57 Å². The second-order valence-electron chi connectivity index (χ2n) is 13.1. The maximum absolute atomic E-state index is 12.7. The van der Waals surface area contributed by atoms with E-state index in [-0.39, 0.29) is 12.8 Å². The number of esters is 2. The summed E-state index contributed by atoms with van der Waals surface area (Å²) >= 11 is 0. The molecule has 292 valence electrons. The standard InChI is InChI=1S/C36H65O13P/c1-3-5-7-9-11-12-13-14-15-16-17-19-21-23-25-30(38)48-28(26-46-29(37)24-22-20-18-10-8-6-4-2)27-47-50(44,45)49-36-34(42)32(40)31(39)33(41)35(36)43/h9,11,13-14,28,31-36,39-43H,3-8,10,12,15-27H2,1-2H3,(H,44,45)/b11-9+,14-13+/t28-,31?,32-,33?,34?,35?,36?/m1/s1. The Bertz CT molecular complexity index is 990. The lowest BCUT2D eigenvalue weighted by Crippen LogP contribution is -2.64. The lowest BCUT2D eigenvalue weighted by atomic mass is 9.85. The van der Waals surface area contributed by atoms with E-state index in [1.165, 1.54) is 19.3 Å². The Balaban J connectivity index is 2.56. The van der Waals surface area contributed by atoms with Crippen LogP contribution in [0.4, 0.5) is 0 Å². The molecular weight excluding hydrogens is 671 g/mol. The van der Waals surface area contributed by atoms with Crippen LogP contribution in [0.5, 0.6) is 0 Å². The Kier molecular flexibility index (Phi) is 25.9. The fraction of sp³-hybridized carbons (Fsp3) is 0.833. The van der Waals surface area contributed by atoms with Crippen LogP contribution in [0.15, 0.2) is 24.3 Å². The zero-order valence-electron chi connectivity index (χ0n) is 30.2. The molecule has 0 saturated heterocycles. The number of carbonyl (C=O) groups is 2. The summed E-state index contributed by atoms with van der Waals surface area (Å²) in [6.07, 6.45) is 12.8. The molecule has 0 aliphatic heterocycles. The van der Waals surface area contributed by atoms with Gasteiger partial charge in [-0.3, -0.25) is 18.6 Å². The fourth-order valence-electron chi connectivity index (χ4n) is 5.42. The second kappa shape index (κ2) is 27.9. The predicted molar refractivity (Wildman–Crippen MR) is 189 cm³/mol. The highest BCUT2D eigenvalue weighted by atomic mass is 31.2. The van der Waals surface area contributed by atoms with Gasteiger partial charge in [0.15, 0.2) is 6.10 Å². The first kappa shape index (κ1) is 46.4. The third-order valence-corrected chi connectivity index (χ3v) is 9.53. The van der Waals surface area contributed by atoms with Gasteiger partial charge in [0.1, 0.15) is 43.2 Å². The van der Waals surface area contributed by atoms with Crippen molar-refractivity contribution in [1.29, 1.82) is 0 Å². The van der Waals surface area contributed by atoms with Gasteiger partial charge in [-0.1, -0.05) is 109 Å². The summed E-state index contributed by atoms with van der Waals surface area (Å²) in [4.78, 5) is 35.2. The number of allylic oxidation sites excluding steroid dienone is 4. The van der Waals surface area contributed by atoms with Crippen LogP contribution >= 0.6 is 7.82 Å². The van der Waals surface area contributed by atoms with E-state index < -0.39 is 75.7 Å². The Morgan fingerprint density at radius 2 is 1.10 bits per heavy atom. The summed E-state index contributed by atoms with van der Waals surface area (Å²) in [5.74, 6) is -1.12. The number of hydrogen-bond acceptors (Lipinski definition) is 12. The molecule has 0 radical (unpaired) electrons. The highest BCUT2D eigenvalue weighted by Crippen LogP contribution is 2.47. The summed E-state index contributed by atoms with van der Waals surface area (Å²) in [5.41, 5.74) is 0. The molecule has 6 unspecified atom stereocenters. The molecule has 8 atom stereocenters. The predicted octanol–water partition coefficient (Wildman–Crippen LogP) is 5.33. The highest BCUT2D eigenvalue weighted by Gasteiger charge is 2.51. The number of hydrogen-bond donors (Lipinski definition) is 6. The van der Waals surface area contributed by atoms with Crippen LogP contribution in [-0.4, -0.2) is 98.3 Å². The van der Waals surface area contributed by atoms with Crippen LogP contribution in [0.25, 0.3) is 0 Å². The largest absolute Gasteiger partial charge is 0.472 e. The van der Waals surface area contributed by atoms with Crippen molar-refractivity contribution in [2.75, 3.05) is 13.2 Å². The average Bonchev–Trinajstić information content (AvgIpc) is 3.09. The van der Waals surface area contributed by atoms with Crippen molar-refractivity contribution in [2.24, 2.45) is 0 Å². The minimum Gasteiger partial charge on any atom is -0.462 e. The SMILES string of the molecule is CCCC/C=C/C/C=C/CCCCCCCC(=O)O[C@H](COC(=O)CCCCCCCCC)COP(=O)(O)OC1C(O)C(O)C(O)[C@@H](O)C1O. The molecule has 50 heavy (non-hydrogen) atoms. The van der Waals surface area contributed by atoms with Gasteiger partial charge < -0.3 is 39.9 Å². The number of aliphatic hydroxyl groups is 5. The van der Waals surface area contributed by atoms with Crippen molar-refractivity contribution in [3.63, 3.8) is 0 Å². The minimum absolute atomic E-state index is 0.0819. The zero-order valence-corrected chi connectivity index (χ0v) is 31.1. The van der Waals surface area contributed by atoms with Crippen LogP contribution in [0, 0.1) is 0 Å². The lowest BCUT2D eigenvalue weighted by Gasteiger charge is -2.41. The fourth-order valence-corrected chi connectivity index (χ4v) is 6.39. The summed E-state index contributed by atoms with van der Waals surface area (Å²) in [6.45, 7) is 3.14. The number of carbonyl (C=O) groups excluding carboxylic acids is 2. The monoisotopic (exact) mass is 736 g/mol. The molecule has 6 N–H and O–H groups in total. The molecule has 1 fully saturated rings. The summed E-state index contributed by atoms with van der Waals surface area (Å²) in [7, 11) is -5.10. The maximum Gasteiger partial charge on any atom is 0.472 e. The van der Waals surface area contributed by atoms with Crippen LogP contribution < -0.4 is 0 Å². The van der Waals surface area contributed by atoms with Crippen molar-refractivity contribution in [3.8, 4) is 0 Å². The molecule has 1 rings (SSSR count). The zero-order chi connectivity index (χ0) is 37.2. The van der Waals surface area contributed by atoms with E-state index in [4.69, 9.17) is 18.5 Å². The molecule has 1 aliphatic carbocycles. The maximum atomic E-state index is 12.7. The summed E-state index contributed by atoms with van der Waals surface area (Å²) in [5, 5.41) is 49.8. The molecule has 0 aromatic carbocycles. The first-order valence-corrected chi connectivity index (χ1v) is 20.1. The van der Waals surface area contributed by atoms with E-state index in [9.17, 15) is 44.6 Å². The molecule has 0 heterocycles. The van der Waals surface area contributed by atoms with Gasteiger partial charge in [0, 0.05) is 12.8 Å². The first-order valence-electron chi connectivity index (χ1n) is 18.6. The van der Waals surface area contributed by atoms with Gasteiger partial charge in [-0.05, 0) is 38.5 Å². The quantitative estimate of drug-likeness (QED) is 0.0249. The Morgan fingerprint density at radius 1 is 0.620 bits per heavy atom. The van der Waals surface area contributed by atoms with Gasteiger partial charge in [0.05, 0.1) is 6.61 Å². The van der Waals surface area contributed by atoms with Crippen molar-refractivity contribution >= 4 is 19.8 Å². The van der Waals surface area contributed by atoms with Crippen molar-refractivity contribution in [2.45, 2.75) is 179 Å². The van der Waals surface area contributed by atoms with Crippen LogP contribution in [0.2, 0.25) is 0 Å². The number of unbranched alkanes of at least 4 members (excludes halogenated alkanes) is 13. The average molecular weight is 737 g/mol. The number of phosphoric acid groups is 1. The van der Waals surface area contributed by atoms with E-state index >= 15 is 0 Å². The molecule has 0 spiro atoms. The molecule has 0 amide bonds. The molecule has 0 bridgehead atoms. The smallest absolute Gasteiger partial charge is 0.462 e. The number of phosphoric ester groups is 1. The van der Waals surface area contributed by atoms with Crippen LogP contribution in [0.3, 0.4) is 0 Å². The van der Waals surface area contributed by atoms with Gasteiger partial charge >= 0.3 is 19.8 Å². The Morgan fingerprint density at radius 3 is 1.68 bits per heavy atom. The topological polar surface area (TPSA) is 210 Å². The van der Waals surface area contributed by atoms with Gasteiger partial charge in [-0.2, -0.15) is 0 Å². The normalized spacial score (nSPS) is 24.4. The number of rotatable bonds is 29. The highest BCUT2D eigenvalue weighted by molar-refractivity contribution is 7.47. The molecule has 13 nitrogen and oxygen atoms in total. The van der Waals surface area contributed by atoms with E-state index in [0.717, 1.165) is 77.0 Å². The van der Waals surface area contributed by atoms with E-state index in [1.807, 2.05) is 0 Å². The van der Waals surface area contributed by atoms with Crippen LogP contribution in [0.1, 0.15) is 136 Å². The van der Waals surface area contributed by atoms with Crippen molar-refractivity contribution in [3.05, 3.63) is 24.3 Å². The van der Waals surface area contributed by atoms with Gasteiger partial charge in [0.2, 0.25) is 0 Å². The minimum atomic E-state index is -5.10. The van der Waals surface area contributed by atoms with Crippen molar-refractivity contribution in [1.82, 2.24) is 0 Å². The Labute approximate surface area is 298 Å². The third-order valence-electron chi connectivity index (χ3n) is 8.55. The summed E-state index contributed by atoms with van der Waals surface area (Å²) in [6, 6.07) is 0. The second-order valence-corrected chi connectivity index (χ2v) is 14.5. The van der Waals surface area contributed by atoms with E-state index in [1.54, 1.807) is 0 Å². The molecule has 0 aromatic heterocycles. The molecular formula is C36H65O13P. The molecule has 1 saturated carbocycles. The molecule has 1 aliphatic rings. The first-order chi connectivity index (χ1) is 23.9. The van der Waals surface area contributed by atoms with Crippen molar-refractivity contribution < 1.29 is 63.1 Å². The van der Waals surface area contributed by atoms with Crippen LogP contribution in [-0.2, 0) is 32.7 Å². The summed E-state index contributed by atoms with van der Waals surface area (Å²) < 4.78 is 33.2. The number of ether oxygens (including phenoxy) is 2. The Hall–Kier alpha value is -1.67. The van der Waals surface area contributed by atoms with Gasteiger partial charge in [0.25, 0.3) is 0 Å². The van der Waals surface area contributed by atoms with E-state index in [0.29, 0.717) is 12.8 Å². The van der Waals surface area contributed by atoms with Gasteiger partial charge in [-0.15, -0.1) is 0 Å². The number of aliphatic hydroxyl groups excluding tert-OH is 5. The van der Waals surface area contributed by atoms with E-state index in [2.05, 4.69) is 38.2 Å².